The zero-order chi connectivity index (χ0) is 17.5. The van der Waals surface area contributed by atoms with Gasteiger partial charge in [-0.3, -0.25) is 9.59 Å². The number of rotatable bonds is 3. The summed E-state index contributed by atoms with van der Waals surface area (Å²) in [5, 5.41) is 2.35. The highest BCUT2D eigenvalue weighted by Gasteiger charge is 2.41. The van der Waals surface area contributed by atoms with E-state index in [-0.39, 0.29) is 36.1 Å². The van der Waals surface area contributed by atoms with Crippen molar-refractivity contribution in [3.8, 4) is 0 Å². The number of hydrogen-bond donors (Lipinski definition) is 1. The van der Waals surface area contributed by atoms with Crippen molar-refractivity contribution in [3.05, 3.63) is 29.8 Å². The van der Waals surface area contributed by atoms with Crippen LogP contribution in [0.2, 0.25) is 0 Å². The number of amides is 2. The first-order chi connectivity index (χ1) is 11.2. The van der Waals surface area contributed by atoms with E-state index in [1.807, 2.05) is 0 Å². The molecule has 0 aromatic heterocycles. The fourth-order valence-corrected chi connectivity index (χ4v) is 4.84. The van der Waals surface area contributed by atoms with Crippen LogP contribution in [0.25, 0.3) is 0 Å². The molecule has 2 atom stereocenters. The van der Waals surface area contributed by atoms with E-state index < -0.39 is 39.3 Å². The summed E-state index contributed by atoms with van der Waals surface area (Å²) in [7, 11) is -3.13. The molecule has 130 valence electrons. The van der Waals surface area contributed by atoms with Gasteiger partial charge in [0.25, 0.3) is 0 Å². The van der Waals surface area contributed by atoms with Crippen LogP contribution in [0.5, 0.6) is 0 Å². The van der Waals surface area contributed by atoms with Crippen molar-refractivity contribution in [2.45, 2.75) is 18.9 Å². The smallest absolute Gasteiger partial charge is 0.229 e. The molecular formula is C15H16F2N2O4S. The summed E-state index contributed by atoms with van der Waals surface area (Å²) in [6.07, 6.45) is 0.320. The van der Waals surface area contributed by atoms with Gasteiger partial charge in [0.2, 0.25) is 11.8 Å². The molecule has 2 saturated heterocycles. The Morgan fingerprint density at radius 1 is 1.29 bits per heavy atom. The van der Waals surface area contributed by atoms with Crippen LogP contribution in [0.15, 0.2) is 18.2 Å². The Labute approximate surface area is 137 Å². The van der Waals surface area contributed by atoms with Crippen molar-refractivity contribution in [3.63, 3.8) is 0 Å². The third kappa shape index (κ3) is 3.40. The van der Waals surface area contributed by atoms with Gasteiger partial charge in [-0.05, 0) is 18.6 Å². The van der Waals surface area contributed by atoms with E-state index in [0.29, 0.717) is 12.5 Å². The molecule has 2 unspecified atom stereocenters. The summed E-state index contributed by atoms with van der Waals surface area (Å²) in [5.74, 6) is -3.21. The van der Waals surface area contributed by atoms with Crippen molar-refractivity contribution < 1.29 is 26.8 Å². The van der Waals surface area contributed by atoms with Gasteiger partial charge in [0.15, 0.2) is 9.84 Å². The molecule has 3 rings (SSSR count). The Hall–Kier alpha value is -2.03. The number of nitrogens with one attached hydrogen (secondary N) is 1. The first-order valence-corrected chi connectivity index (χ1v) is 9.33. The maximum atomic E-state index is 13.6. The second-order valence-corrected chi connectivity index (χ2v) is 8.35. The molecular weight excluding hydrogens is 342 g/mol. The molecule has 9 heteroatoms. The molecule has 2 aliphatic rings. The van der Waals surface area contributed by atoms with Crippen LogP contribution in [-0.4, -0.2) is 49.2 Å². The van der Waals surface area contributed by atoms with Gasteiger partial charge in [0, 0.05) is 25.1 Å². The lowest BCUT2D eigenvalue weighted by molar-refractivity contribution is -0.129. The number of carbonyl (C=O) groups is 2. The molecule has 0 aliphatic carbocycles. The van der Waals surface area contributed by atoms with Gasteiger partial charge in [0.05, 0.1) is 23.1 Å². The molecule has 24 heavy (non-hydrogen) atoms. The van der Waals surface area contributed by atoms with E-state index >= 15 is 0 Å². The highest BCUT2D eigenvalue weighted by molar-refractivity contribution is 7.91. The molecule has 2 fully saturated rings. The zero-order valence-corrected chi connectivity index (χ0v) is 13.5. The number of likely N-dealkylation sites (tertiary alicyclic amines) is 1. The molecule has 0 radical (unpaired) electrons. The van der Waals surface area contributed by atoms with E-state index in [4.69, 9.17) is 0 Å². The number of carbonyl (C=O) groups excluding carboxylic acids is 2. The second-order valence-electron chi connectivity index (χ2n) is 6.12. The average Bonchev–Trinajstić information content (AvgIpc) is 3.04. The standard InChI is InChI=1S/C15H16F2N2O4S/c16-10-1-2-13(12(17)6-10)18-15(21)9-5-14(20)19(7-9)11-3-4-24(22,23)8-11/h1-2,6,9,11H,3-5,7-8H2,(H,18,21). The lowest BCUT2D eigenvalue weighted by atomic mass is 10.1. The lowest BCUT2D eigenvalue weighted by Gasteiger charge is -2.22. The van der Waals surface area contributed by atoms with Gasteiger partial charge in [-0.2, -0.15) is 0 Å². The number of benzene rings is 1. The maximum absolute atomic E-state index is 13.6. The topological polar surface area (TPSA) is 83.6 Å². The Morgan fingerprint density at radius 2 is 2.04 bits per heavy atom. The molecule has 0 bridgehead atoms. The Morgan fingerprint density at radius 3 is 2.67 bits per heavy atom. The number of halogens is 2. The molecule has 1 N–H and O–H groups in total. The third-order valence-electron chi connectivity index (χ3n) is 4.37. The van der Waals surface area contributed by atoms with Gasteiger partial charge in [0.1, 0.15) is 11.6 Å². The van der Waals surface area contributed by atoms with Crippen LogP contribution in [0.1, 0.15) is 12.8 Å². The van der Waals surface area contributed by atoms with Crippen LogP contribution in [0.3, 0.4) is 0 Å². The van der Waals surface area contributed by atoms with Crippen LogP contribution >= 0.6 is 0 Å². The number of nitrogens with zero attached hydrogens (tertiary/aromatic N) is 1. The Balaban J connectivity index is 1.66. The Kier molecular flexibility index (Phi) is 4.29. The predicted molar refractivity (Wildman–Crippen MR) is 81.9 cm³/mol. The van der Waals surface area contributed by atoms with E-state index in [2.05, 4.69) is 5.32 Å². The van der Waals surface area contributed by atoms with Crippen molar-refractivity contribution in [1.29, 1.82) is 0 Å². The van der Waals surface area contributed by atoms with Gasteiger partial charge in [-0.15, -0.1) is 0 Å². The maximum Gasteiger partial charge on any atom is 0.229 e. The first kappa shape index (κ1) is 16.8. The summed E-state index contributed by atoms with van der Waals surface area (Å²) in [4.78, 5) is 25.7. The summed E-state index contributed by atoms with van der Waals surface area (Å²) in [6.45, 7) is 0.105. The van der Waals surface area contributed by atoms with Crippen LogP contribution in [0.4, 0.5) is 14.5 Å². The third-order valence-corrected chi connectivity index (χ3v) is 6.12. The second kappa shape index (κ2) is 6.12. The molecule has 1 aromatic carbocycles. The van der Waals surface area contributed by atoms with Crippen molar-refractivity contribution in [2.24, 2.45) is 5.92 Å². The molecule has 1 aromatic rings. The largest absolute Gasteiger partial charge is 0.338 e. The van der Waals surface area contributed by atoms with Crippen molar-refractivity contribution in [2.75, 3.05) is 23.4 Å². The molecule has 6 nitrogen and oxygen atoms in total. The van der Waals surface area contributed by atoms with E-state index in [0.717, 1.165) is 12.1 Å². The highest BCUT2D eigenvalue weighted by Crippen LogP contribution is 2.27. The van der Waals surface area contributed by atoms with E-state index in [9.17, 15) is 26.8 Å². The zero-order valence-electron chi connectivity index (χ0n) is 12.7. The SMILES string of the molecule is O=C(Nc1ccc(F)cc1F)C1CC(=O)N(C2CCS(=O)(=O)C2)C1. The summed E-state index contributed by atoms with van der Waals surface area (Å²) in [5.41, 5.74) is -0.157. The minimum absolute atomic E-state index is 0.0408. The highest BCUT2D eigenvalue weighted by atomic mass is 32.2. The minimum atomic E-state index is -3.13. The summed E-state index contributed by atoms with van der Waals surface area (Å²) < 4.78 is 49.5. The predicted octanol–water partition coefficient (Wildman–Crippen LogP) is 0.939. The molecule has 2 aliphatic heterocycles. The molecule has 0 saturated carbocycles. The van der Waals surface area contributed by atoms with Crippen LogP contribution < -0.4 is 5.32 Å². The van der Waals surface area contributed by atoms with Gasteiger partial charge >= 0.3 is 0 Å². The lowest BCUT2D eigenvalue weighted by Crippen LogP contribution is -2.38. The number of sulfone groups is 1. The Bertz CT molecular complexity index is 797. The number of hydrogen-bond acceptors (Lipinski definition) is 4. The minimum Gasteiger partial charge on any atom is -0.338 e. The van der Waals surface area contributed by atoms with Crippen LogP contribution in [0, 0.1) is 17.6 Å². The average molecular weight is 358 g/mol. The fourth-order valence-electron chi connectivity index (χ4n) is 3.11. The van der Waals surface area contributed by atoms with Gasteiger partial charge in [-0.25, -0.2) is 17.2 Å². The summed E-state index contributed by atoms with van der Waals surface area (Å²) in [6, 6.07) is 2.39. The monoisotopic (exact) mass is 358 g/mol. The van der Waals surface area contributed by atoms with Crippen molar-refractivity contribution in [1.82, 2.24) is 4.90 Å². The first-order valence-electron chi connectivity index (χ1n) is 7.51. The fraction of sp³-hybridized carbons (Fsp3) is 0.467. The molecule has 0 spiro atoms. The van der Waals surface area contributed by atoms with E-state index in [1.165, 1.54) is 4.90 Å². The molecule has 2 amide bonds. The summed E-state index contributed by atoms with van der Waals surface area (Å²) >= 11 is 0. The quantitative estimate of drug-likeness (QED) is 0.872. The van der Waals surface area contributed by atoms with Crippen molar-refractivity contribution >= 4 is 27.3 Å². The van der Waals surface area contributed by atoms with E-state index in [1.54, 1.807) is 0 Å². The van der Waals surface area contributed by atoms with Gasteiger partial charge in [-0.1, -0.05) is 0 Å². The van der Waals surface area contributed by atoms with Crippen LogP contribution in [-0.2, 0) is 19.4 Å². The molecule has 2 heterocycles. The van der Waals surface area contributed by atoms with Gasteiger partial charge < -0.3 is 10.2 Å². The normalized spacial score (nSPS) is 25.9. The number of anilines is 1.